The average molecular weight is 293 g/mol. The van der Waals surface area contributed by atoms with Crippen molar-refractivity contribution in [3.05, 3.63) is 27.4 Å². The highest BCUT2D eigenvalue weighted by molar-refractivity contribution is 5.87. The molecule has 1 aliphatic carbocycles. The first-order valence-electron chi connectivity index (χ1n) is 6.95. The predicted molar refractivity (Wildman–Crippen MR) is 75.0 cm³/mol. The van der Waals surface area contributed by atoms with Crippen LogP contribution in [0, 0.1) is 13.8 Å². The number of aromatic nitrogens is 2. The molecule has 7 heteroatoms. The highest BCUT2D eigenvalue weighted by Gasteiger charge is 2.45. The number of hydrogen-bond donors (Lipinski definition) is 3. The van der Waals surface area contributed by atoms with Gasteiger partial charge in [-0.1, -0.05) is 0 Å². The number of carbonyl (C=O) groups is 2. The first-order valence-corrected chi connectivity index (χ1v) is 6.95. The zero-order valence-electron chi connectivity index (χ0n) is 12.2. The third-order valence-electron chi connectivity index (χ3n) is 3.94. The number of aromatic amines is 1. The van der Waals surface area contributed by atoms with Gasteiger partial charge in [-0.15, -0.1) is 0 Å². The number of aryl methyl sites for hydroxylation is 2. The molecule has 0 aliphatic heterocycles. The summed E-state index contributed by atoms with van der Waals surface area (Å²) >= 11 is 0. The summed E-state index contributed by atoms with van der Waals surface area (Å²) < 4.78 is 0. The molecule has 0 unspecified atom stereocenters. The van der Waals surface area contributed by atoms with Gasteiger partial charge in [-0.3, -0.25) is 9.59 Å². The van der Waals surface area contributed by atoms with Gasteiger partial charge in [-0.05, 0) is 39.5 Å². The van der Waals surface area contributed by atoms with Crippen molar-refractivity contribution in [2.75, 3.05) is 0 Å². The number of carboxylic acid groups (broad SMARTS) is 1. The highest BCUT2D eigenvalue weighted by Crippen LogP contribution is 2.32. The van der Waals surface area contributed by atoms with Crippen LogP contribution < -0.4 is 10.9 Å². The predicted octanol–water partition coefficient (Wildman–Crippen LogP) is 0.443. The summed E-state index contributed by atoms with van der Waals surface area (Å²) in [7, 11) is 0. The maximum absolute atomic E-state index is 11.9. The van der Waals surface area contributed by atoms with E-state index in [0.717, 1.165) is 6.42 Å². The number of rotatable bonds is 5. The van der Waals surface area contributed by atoms with E-state index in [1.165, 1.54) is 0 Å². The molecule has 2 rings (SSSR count). The molecule has 0 atom stereocenters. The van der Waals surface area contributed by atoms with Gasteiger partial charge in [0.25, 0.3) is 5.56 Å². The van der Waals surface area contributed by atoms with Gasteiger partial charge in [0.05, 0.1) is 0 Å². The van der Waals surface area contributed by atoms with Crippen molar-refractivity contribution in [3.8, 4) is 0 Å². The van der Waals surface area contributed by atoms with E-state index in [9.17, 15) is 14.4 Å². The molecule has 1 amide bonds. The Labute approximate surface area is 121 Å². The van der Waals surface area contributed by atoms with Gasteiger partial charge < -0.3 is 15.4 Å². The van der Waals surface area contributed by atoms with Gasteiger partial charge in [0.15, 0.2) is 0 Å². The van der Waals surface area contributed by atoms with Gasteiger partial charge in [-0.2, -0.15) is 0 Å². The van der Waals surface area contributed by atoms with Crippen molar-refractivity contribution in [1.29, 1.82) is 0 Å². The molecule has 1 fully saturated rings. The second-order valence-corrected chi connectivity index (χ2v) is 5.50. The Bertz CT molecular complexity index is 632. The molecule has 21 heavy (non-hydrogen) atoms. The maximum Gasteiger partial charge on any atom is 0.329 e. The monoisotopic (exact) mass is 293 g/mol. The largest absolute Gasteiger partial charge is 0.480 e. The molecule has 0 saturated heterocycles. The zero-order chi connectivity index (χ0) is 15.6. The molecule has 114 valence electrons. The van der Waals surface area contributed by atoms with Gasteiger partial charge in [0, 0.05) is 17.7 Å². The summed E-state index contributed by atoms with van der Waals surface area (Å²) in [6.07, 6.45) is 2.03. The standard InChI is InChI=1S/C14H19N3O4/c1-8-10(12(19)16-9(2)15-8)4-5-11(18)17-14(13(20)21)6-3-7-14/h3-7H2,1-2H3,(H,17,18)(H,20,21)(H,15,16,19). The summed E-state index contributed by atoms with van der Waals surface area (Å²) in [6, 6.07) is 0. The van der Waals surface area contributed by atoms with Crippen LogP contribution in [-0.4, -0.2) is 32.5 Å². The van der Waals surface area contributed by atoms with E-state index in [4.69, 9.17) is 5.11 Å². The van der Waals surface area contributed by atoms with Crippen LogP contribution in [0.2, 0.25) is 0 Å². The van der Waals surface area contributed by atoms with E-state index in [-0.39, 0.29) is 24.3 Å². The van der Waals surface area contributed by atoms with E-state index < -0.39 is 11.5 Å². The molecule has 1 aliphatic rings. The fraction of sp³-hybridized carbons (Fsp3) is 0.571. The summed E-state index contributed by atoms with van der Waals surface area (Å²) in [5.74, 6) is -0.811. The Balaban J connectivity index is 1.99. The smallest absolute Gasteiger partial charge is 0.329 e. The Kier molecular flexibility index (Phi) is 4.11. The van der Waals surface area contributed by atoms with Crippen LogP contribution in [0.15, 0.2) is 4.79 Å². The summed E-state index contributed by atoms with van der Waals surface area (Å²) in [5.41, 5.74) is -0.289. The molecular formula is C14H19N3O4. The van der Waals surface area contributed by atoms with Crippen LogP contribution in [0.3, 0.4) is 0 Å². The van der Waals surface area contributed by atoms with Crippen molar-refractivity contribution in [2.24, 2.45) is 0 Å². The van der Waals surface area contributed by atoms with E-state index in [1.807, 2.05) is 0 Å². The summed E-state index contributed by atoms with van der Waals surface area (Å²) in [4.78, 5) is 41.7. The lowest BCUT2D eigenvalue weighted by atomic mass is 9.76. The second-order valence-electron chi connectivity index (χ2n) is 5.50. The lowest BCUT2D eigenvalue weighted by Crippen LogP contribution is -2.59. The number of amides is 1. The SMILES string of the molecule is Cc1nc(C)c(CCC(=O)NC2(C(=O)O)CCC2)c(=O)[nH]1. The first kappa shape index (κ1) is 15.2. The minimum atomic E-state index is -1.11. The van der Waals surface area contributed by atoms with Crippen molar-refractivity contribution >= 4 is 11.9 Å². The molecule has 1 heterocycles. The zero-order valence-corrected chi connectivity index (χ0v) is 12.2. The molecular weight excluding hydrogens is 274 g/mol. The number of nitrogens with one attached hydrogen (secondary N) is 2. The van der Waals surface area contributed by atoms with Crippen LogP contribution in [-0.2, 0) is 16.0 Å². The van der Waals surface area contributed by atoms with Crippen LogP contribution in [0.4, 0.5) is 0 Å². The van der Waals surface area contributed by atoms with Crippen molar-refractivity contribution in [1.82, 2.24) is 15.3 Å². The fourth-order valence-corrected chi connectivity index (χ4v) is 2.54. The molecule has 1 aromatic rings. The summed E-state index contributed by atoms with van der Waals surface area (Å²) in [5, 5.41) is 11.7. The molecule has 0 spiro atoms. The van der Waals surface area contributed by atoms with E-state index in [2.05, 4.69) is 15.3 Å². The molecule has 3 N–H and O–H groups in total. The molecule has 1 saturated carbocycles. The maximum atomic E-state index is 11.9. The minimum Gasteiger partial charge on any atom is -0.480 e. The number of nitrogens with zero attached hydrogens (tertiary/aromatic N) is 1. The lowest BCUT2D eigenvalue weighted by Gasteiger charge is -2.38. The average Bonchev–Trinajstić information content (AvgIpc) is 2.31. The normalized spacial score (nSPS) is 16.1. The molecule has 0 radical (unpaired) electrons. The Hall–Kier alpha value is -2.18. The van der Waals surface area contributed by atoms with Crippen LogP contribution in [0.5, 0.6) is 0 Å². The quantitative estimate of drug-likeness (QED) is 0.729. The van der Waals surface area contributed by atoms with Crippen LogP contribution in [0.1, 0.15) is 42.8 Å². The van der Waals surface area contributed by atoms with Crippen molar-refractivity contribution in [3.63, 3.8) is 0 Å². The number of aliphatic carboxylic acids is 1. The van der Waals surface area contributed by atoms with E-state index in [0.29, 0.717) is 29.9 Å². The van der Waals surface area contributed by atoms with E-state index in [1.54, 1.807) is 13.8 Å². The second kappa shape index (κ2) is 5.67. The highest BCUT2D eigenvalue weighted by atomic mass is 16.4. The Morgan fingerprint density at radius 2 is 2.05 bits per heavy atom. The lowest BCUT2D eigenvalue weighted by molar-refractivity contribution is -0.151. The Morgan fingerprint density at radius 1 is 1.38 bits per heavy atom. The fourth-order valence-electron chi connectivity index (χ4n) is 2.54. The molecule has 1 aromatic heterocycles. The van der Waals surface area contributed by atoms with Gasteiger partial charge in [-0.25, -0.2) is 9.78 Å². The Morgan fingerprint density at radius 3 is 2.52 bits per heavy atom. The molecule has 7 nitrogen and oxygen atoms in total. The molecule has 0 bridgehead atoms. The van der Waals surface area contributed by atoms with Gasteiger partial charge in [0.2, 0.25) is 5.91 Å². The minimum absolute atomic E-state index is 0.0731. The topological polar surface area (TPSA) is 112 Å². The van der Waals surface area contributed by atoms with Gasteiger partial charge >= 0.3 is 5.97 Å². The van der Waals surface area contributed by atoms with E-state index >= 15 is 0 Å². The first-order chi connectivity index (χ1) is 9.84. The summed E-state index contributed by atoms with van der Waals surface area (Å²) in [6.45, 7) is 3.41. The van der Waals surface area contributed by atoms with Crippen molar-refractivity contribution < 1.29 is 14.7 Å². The van der Waals surface area contributed by atoms with Crippen LogP contribution in [0.25, 0.3) is 0 Å². The van der Waals surface area contributed by atoms with Gasteiger partial charge in [0.1, 0.15) is 11.4 Å². The third-order valence-corrected chi connectivity index (χ3v) is 3.94. The van der Waals surface area contributed by atoms with Crippen LogP contribution >= 0.6 is 0 Å². The number of carbonyl (C=O) groups excluding carboxylic acids is 1. The number of hydrogen-bond acceptors (Lipinski definition) is 4. The number of carboxylic acids is 1. The van der Waals surface area contributed by atoms with Crippen molar-refractivity contribution in [2.45, 2.75) is 51.5 Å². The number of H-pyrrole nitrogens is 1. The third kappa shape index (κ3) is 3.12. The molecule has 0 aromatic carbocycles.